The molecule has 5 atom stereocenters. The maximum absolute atomic E-state index is 12.0. The molecule has 2 rings (SSSR count). The summed E-state index contributed by atoms with van der Waals surface area (Å²) in [7, 11) is 0. The molecule has 1 saturated carbocycles. The van der Waals surface area contributed by atoms with Gasteiger partial charge >= 0.3 is 5.97 Å². The molecule has 6 heteroatoms. The van der Waals surface area contributed by atoms with Crippen molar-refractivity contribution in [1.29, 1.82) is 0 Å². The Labute approximate surface area is 110 Å². The van der Waals surface area contributed by atoms with Gasteiger partial charge in [0, 0.05) is 0 Å². The molecule has 0 radical (unpaired) electrons. The first-order valence-corrected chi connectivity index (χ1v) is 6.50. The molecule has 17 heavy (non-hydrogen) atoms. The molecule has 1 aliphatic heterocycles. The second-order valence-electron chi connectivity index (χ2n) is 5.46. The normalized spacial score (nSPS) is 41.4. The number of fused-ring (bicyclic) bond motifs is 2. The standard InChI is InChI=1S/C11H16Cl2O4/c1-11(2,3)15-10(14)5-4-6-8(13)9(7(5)12)17-16-6/h5-9H,4H2,1-3H3. The Kier molecular flexibility index (Phi) is 3.61. The van der Waals surface area contributed by atoms with Crippen molar-refractivity contribution >= 4 is 29.2 Å². The monoisotopic (exact) mass is 282 g/mol. The topological polar surface area (TPSA) is 44.8 Å². The molecule has 1 saturated heterocycles. The lowest BCUT2D eigenvalue weighted by atomic mass is 9.85. The van der Waals surface area contributed by atoms with Gasteiger partial charge in [-0.2, -0.15) is 0 Å². The van der Waals surface area contributed by atoms with Crippen LogP contribution in [-0.4, -0.2) is 34.5 Å². The highest BCUT2D eigenvalue weighted by atomic mass is 35.5. The Morgan fingerprint density at radius 2 is 1.88 bits per heavy atom. The van der Waals surface area contributed by atoms with Crippen LogP contribution >= 0.6 is 23.2 Å². The molecule has 0 aromatic rings. The first-order chi connectivity index (χ1) is 7.79. The number of hydrogen-bond donors (Lipinski definition) is 0. The van der Waals surface area contributed by atoms with Gasteiger partial charge in [-0.25, -0.2) is 9.78 Å². The number of carbonyl (C=O) groups is 1. The van der Waals surface area contributed by atoms with Gasteiger partial charge in [0.25, 0.3) is 0 Å². The van der Waals surface area contributed by atoms with Crippen molar-refractivity contribution < 1.29 is 19.3 Å². The van der Waals surface area contributed by atoms with Gasteiger partial charge < -0.3 is 4.74 Å². The molecular weight excluding hydrogens is 267 g/mol. The van der Waals surface area contributed by atoms with E-state index in [1.165, 1.54) is 0 Å². The summed E-state index contributed by atoms with van der Waals surface area (Å²) in [4.78, 5) is 22.1. The van der Waals surface area contributed by atoms with E-state index >= 15 is 0 Å². The Morgan fingerprint density at radius 3 is 2.47 bits per heavy atom. The Morgan fingerprint density at radius 1 is 1.24 bits per heavy atom. The van der Waals surface area contributed by atoms with Gasteiger partial charge in [-0.15, -0.1) is 23.2 Å². The third kappa shape index (κ3) is 2.70. The highest BCUT2D eigenvalue weighted by Gasteiger charge is 2.53. The van der Waals surface area contributed by atoms with Crippen LogP contribution in [0.1, 0.15) is 27.2 Å². The molecule has 0 spiro atoms. The molecule has 0 aromatic heterocycles. The van der Waals surface area contributed by atoms with Crippen molar-refractivity contribution in [2.45, 2.75) is 55.8 Å². The van der Waals surface area contributed by atoms with Gasteiger partial charge in [0.1, 0.15) is 17.8 Å². The van der Waals surface area contributed by atoms with Crippen LogP contribution in [0.2, 0.25) is 0 Å². The van der Waals surface area contributed by atoms with E-state index in [1.807, 2.05) is 20.8 Å². The average Bonchev–Trinajstić information content (AvgIpc) is 2.41. The van der Waals surface area contributed by atoms with Crippen molar-refractivity contribution in [3.05, 3.63) is 0 Å². The van der Waals surface area contributed by atoms with Gasteiger partial charge in [0.2, 0.25) is 0 Å². The minimum absolute atomic E-state index is 0.283. The van der Waals surface area contributed by atoms with Crippen LogP contribution in [0, 0.1) is 5.92 Å². The minimum atomic E-state index is -0.522. The summed E-state index contributed by atoms with van der Waals surface area (Å²) in [6.45, 7) is 5.47. The first-order valence-electron chi connectivity index (χ1n) is 5.63. The summed E-state index contributed by atoms with van der Waals surface area (Å²) >= 11 is 12.3. The zero-order valence-corrected chi connectivity index (χ0v) is 11.5. The predicted molar refractivity (Wildman–Crippen MR) is 63.0 cm³/mol. The number of carbonyl (C=O) groups excluding carboxylic acids is 1. The molecule has 98 valence electrons. The van der Waals surface area contributed by atoms with Gasteiger partial charge in [0.15, 0.2) is 0 Å². The number of esters is 1. The fourth-order valence-electron chi connectivity index (χ4n) is 2.06. The molecule has 4 nitrogen and oxygen atoms in total. The van der Waals surface area contributed by atoms with E-state index in [4.69, 9.17) is 37.7 Å². The largest absolute Gasteiger partial charge is 0.460 e. The first kappa shape index (κ1) is 13.4. The zero-order chi connectivity index (χ0) is 12.8. The maximum Gasteiger partial charge on any atom is 0.311 e. The number of halogens is 2. The predicted octanol–water partition coefficient (Wildman–Crippen LogP) is 2.26. The number of alkyl halides is 2. The van der Waals surface area contributed by atoms with E-state index in [2.05, 4.69) is 0 Å². The highest BCUT2D eigenvalue weighted by Crippen LogP contribution is 2.41. The van der Waals surface area contributed by atoms with E-state index in [0.717, 1.165) is 0 Å². The Hall–Kier alpha value is -0.0300. The summed E-state index contributed by atoms with van der Waals surface area (Å²) < 4.78 is 5.33. The molecule has 1 aliphatic carbocycles. The van der Waals surface area contributed by atoms with Gasteiger partial charge in [-0.3, -0.25) is 4.79 Å². The third-order valence-corrected chi connectivity index (χ3v) is 3.94. The Bertz CT molecular complexity index is 315. The highest BCUT2D eigenvalue weighted by molar-refractivity contribution is 6.26. The average molecular weight is 283 g/mol. The van der Waals surface area contributed by atoms with Crippen molar-refractivity contribution in [1.82, 2.24) is 0 Å². The molecule has 1 heterocycles. The summed E-state index contributed by atoms with van der Waals surface area (Å²) in [5, 5.41) is -0.803. The quantitative estimate of drug-likeness (QED) is 0.420. The van der Waals surface area contributed by atoms with Crippen LogP contribution in [0.5, 0.6) is 0 Å². The fraction of sp³-hybridized carbons (Fsp3) is 0.909. The lowest BCUT2D eigenvalue weighted by molar-refractivity contribution is -0.289. The molecule has 2 bridgehead atoms. The second kappa shape index (κ2) is 4.57. The molecule has 5 unspecified atom stereocenters. The van der Waals surface area contributed by atoms with E-state index in [0.29, 0.717) is 6.42 Å². The van der Waals surface area contributed by atoms with Crippen molar-refractivity contribution in [3.63, 3.8) is 0 Å². The minimum Gasteiger partial charge on any atom is -0.460 e. The molecule has 0 N–H and O–H groups in total. The Balaban J connectivity index is 2.06. The summed E-state index contributed by atoms with van der Waals surface area (Å²) in [6.07, 6.45) is -0.294. The lowest BCUT2D eigenvalue weighted by Crippen LogP contribution is -2.47. The van der Waals surface area contributed by atoms with E-state index in [-0.39, 0.29) is 17.5 Å². The third-order valence-electron chi connectivity index (χ3n) is 2.85. The van der Waals surface area contributed by atoms with Crippen LogP contribution in [0.4, 0.5) is 0 Å². The van der Waals surface area contributed by atoms with Gasteiger partial charge in [0.05, 0.1) is 16.7 Å². The van der Waals surface area contributed by atoms with Crippen LogP contribution in [-0.2, 0) is 19.3 Å². The van der Waals surface area contributed by atoms with E-state index < -0.39 is 23.0 Å². The molecule has 0 amide bonds. The maximum atomic E-state index is 12.0. The van der Waals surface area contributed by atoms with Crippen LogP contribution in [0.15, 0.2) is 0 Å². The molecule has 2 aliphatic rings. The molecule has 2 fully saturated rings. The fourth-order valence-corrected chi connectivity index (χ4v) is 2.89. The van der Waals surface area contributed by atoms with E-state index in [1.54, 1.807) is 0 Å². The second-order valence-corrected chi connectivity index (χ2v) is 6.47. The smallest absolute Gasteiger partial charge is 0.311 e. The summed E-state index contributed by atoms with van der Waals surface area (Å²) in [5.41, 5.74) is -0.522. The summed E-state index contributed by atoms with van der Waals surface area (Å²) in [6, 6.07) is 0. The van der Waals surface area contributed by atoms with Gasteiger partial charge in [-0.1, -0.05) is 0 Å². The van der Waals surface area contributed by atoms with E-state index in [9.17, 15) is 4.79 Å². The van der Waals surface area contributed by atoms with Crippen LogP contribution < -0.4 is 0 Å². The summed E-state index contributed by atoms with van der Waals surface area (Å²) in [5.74, 6) is -0.742. The number of ether oxygens (including phenoxy) is 1. The van der Waals surface area contributed by atoms with Crippen LogP contribution in [0.3, 0.4) is 0 Å². The van der Waals surface area contributed by atoms with Crippen molar-refractivity contribution in [3.8, 4) is 0 Å². The molecule has 0 aromatic carbocycles. The van der Waals surface area contributed by atoms with Crippen molar-refractivity contribution in [2.24, 2.45) is 5.92 Å². The van der Waals surface area contributed by atoms with Crippen molar-refractivity contribution in [2.75, 3.05) is 0 Å². The lowest BCUT2D eigenvalue weighted by Gasteiger charge is -2.32. The number of rotatable bonds is 1. The number of hydrogen-bond acceptors (Lipinski definition) is 4. The molecular formula is C11H16Cl2O4. The SMILES string of the molecule is CC(C)(C)OC(=O)C1CC2OOC(C2Cl)C1Cl. The zero-order valence-electron chi connectivity index (χ0n) is 9.98. The van der Waals surface area contributed by atoms with Gasteiger partial charge in [-0.05, 0) is 27.2 Å². The van der Waals surface area contributed by atoms with Crippen LogP contribution in [0.25, 0.3) is 0 Å².